The fraction of sp³-hybridized carbons (Fsp3) is 0.500. The molecule has 2 heteroatoms. The highest BCUT2D eigenvalue weighted by molar-refractivity contribution is 5.75. The Hall–Kier alpha value is -1.31. The third-order valence-corrected chi connectivity index (χ3v) is 3.88. The van der Waals surface area contributed by atoms with E-state index in [1.54, 1.807) is 0 Å². The molecule has 2 fully saturated rings. The second kappa shape index (κ2) is 3.93. The molecule has 84 valence electrons. The zero-order chi connectivity index (χ0) is 11.0. The first-order chi connectivity index (χ1) is 7.86. The number of cyclic esters (lactones) is 1. The van der Waals surface area contributed by atoms with E-state index in [9.17, 15) is 4.79 Å². The van der Waals surface area contributed by atoms with Crippen molar-refractivity contribution in [1.82, 2.24) is 0 Å². The van der Waals surface area contributed by atoms with Gasteiger partial charge in [-0.2, -0.15) is 0 Å². The molecule has 0 amide bonds. The molecular weight excluding hydrogens is 200 g/mol. The Labute approximate surface area is 95.6 Å². The average molecular weight is 216 g/mol. The van der Waals surface area contributed by atoms with Crippen molar-refractivity contribution in [3.8, 4) is 0 Å². The Morgan fingerprint density at radius 3 is 2.62 bits per heavy atom. The van der Waals surface area contributed by atoms with Crippen LogP contribution in [0.5, 0.6) is 0 Å². The highest BCUT2D eigenvalue weighted by atomic mass is 16.6. The smallest absolute Gasteiger partial charge is 0.309 e. The monoisotopic (exact) mass is 216 g/mol. The zero-order valence-corrected chi connectivity index (χ0v) is 9.26. The van der Waals surface area contributed by atoms with E-state index in [2.05, 4.69) is 12.1 Å². The van der Waals surface area contributed by atoms with Gasteiger partial charge in [0, 0.05) is 5.92 Å². The Morgan fingerprint density at radius 1 is 1.06 bits per heavy atom. The third kappa shape index (κ3) is 1.53. The summed E-state index contributed by atoms with van der Waals surface area (Å²) in [6, 6.07) is 10.2. The van der Waals surface area contributed by atoms with Crippen molar-refractivity contribution in [2.24, 2.45) is 11.8 Å². The molecule has 1 saturated carbocycles. The molecule has 2 nitrogen and oxygen atoms in total. The van der Waals surface area contributed by atoms with E-state index in [0.717, 1.165) is 18.4 Å². The van der Waals surface area contributed by atoms with Crippen LogP contribution >= 0.6 is 0 Å². The van der Waals surface area contributed by atoms with Crippen molar-refractivity contribution in [2.45, 2.75) is 31.8 Å². The lowest BCUT2D eigenvalue weighted by molar-refractivity contribution is -0.144. The molecule has 3 rings (SSSR count). The number of carbonyl (C=O) groups is 1. The molecule has 0 spiro atoms. The van der Waals surface area contributed by atoms with Crippen LogP contribution in [-0.2, 0) is 9.53 Å². The SMILES string of the molecule is O=C1O[C@H](c2ccccc2)[C@H]2CCCC[C@H]12. The van der Waals surface area contributed by atoms with Gasteiger partial charge in [-0.1, -0.05) is 43.2 Å². The van der Waals surface area contributed by atoms with Gasteiger partial charge in [-0.05, 0) is 18.4 Å². The first kappa shape index (κ1) is 9.88. The number of fused-ring (bicyclic) bond motifs is 1. The molecule has 1 aromatic rings. The molecule has 1 aliphatic carbocycles. The van der Waals surface area contributed by atoms with Gasteiger partial charge in [-0.3, -0.25) is 4.79 Å². The maximum atomic E-state index is 11.8. The molecule has 0 aromatic heterocycles. The predicted octanol–water partition coefficient (Wildman–Crippen LogP) is 3.09. The zero-order valence-electron chi connectivity index (χ0n) is 9.26. The lowest BCUT2D eigenvalue weighted by atomic mass is 9.77. The highest BCUT2D eigenvalue weighted by Gasteiger charge is 2.45. The molecule has 3 atom stereocenters. The van der Waals surface area contributed by atoms with E-state index in [1.807, 2.05) is 18.2 Å². The summed E-state index contributed by atoms with van der Waals surface area (Å²) in [6.45, 7) is 0. The van der Waals surface area contributed by atoms with Gasteiger partial charge in [0.1, 0.15) is 6.10 Å². The topological polar surface area (TPSA) is 26.3 Å². The highest BCUT2D eigenvalue weighted by Crippen LogP contribution is 2.46. The molecule has 0 unspecified atom stereocenters. The minimum absolute atomic E-state index is 0.0130. The van der Waals surface area contributed by atoms with Crippen LogP contribution < -0.4 is 0 Å². The molecule has 1 heterocycles. The summed E-state index contributed by atoms with van der Waals surface area (Å²) in [6.07, 6.45) is 4.58. The maximum absolute atomic E-state index is 11.8. The molecule has 0 bridgehead atoms. The molecule has 1 saturated heterocycles. The standard InChI is InChI=1S/C14H16O2/c15-14-12-9-5-4-8-11(12)13(16-14)10-6-2-1-3-7-10/h1-3,6-7,11-13H,4-5,8-9H2/t11-,12-,13+/m0/s1. The minimum atomic E-state index is 0.0130. The Balaban J connectivity index is 1.89. The van der Waals surface area contributed by atoms with Crippen LogP contribution in [0.15, 0.2) is 30.3 Å². The van der Waals surface area contributed by atoms with Gasteiger partial charge in [-0.15, -0.1) is 0 Å². The lowest BCUT2D eigenvalue weighted by Gasteiger charge is -2.24. The van der Waals surface area contributed by atoms with Gasteiger partial charge in [0.2, 0.25) is 0 Å². The summed E-state index contributed by atoms with van der Waals surface area (Å²) in [5, 5.41) is 0. The van der Waals surface area contributed by atoms with Crippen molar-refractivity contribution in [3.05, 3.63) is 35.9 Å². The van der Waals surface area contributed by atoms with E-state index >= 15 is 0 Å². The van der Waals surface area contributed by atoms with Gasteiger partial charge in [-0.25, -0.2) is 0 Å². The minimum Gasteiger partial charge on any atom is -0.457 e. The predicted molar refractivity (Wildman–Crippen MR) is 60.7 cm³/mol. The molecule has 1 aromatic carbocycles. The lowest BCUT2D eigenvalue weighted by Crippen LogP contribution is -2.21. The third-order valence-electron chi connectivity index (χ3n) is 3.88. The van der Waals surface area contributed by atoms with Crippen molar-refractivity contribution in [2.75, 3.05) is 0 Å². The molecular formula is C14H16O2. The summed E-state index contributed by atoms with van der Waals surface area (Å²) >= 11 is 0. The molecule has 16 heavy (non-hydrogen) atoms. The fourth-order valence-electron chi connectivity index (χ4n) is 3.07. The fourth-order valence-corrected chi connectivity index (χ4v) is 3.07. The normalized spacial score (nSPS) is 33.2. The Bertz CT molecular complexity index is 385. The van der Waals surface area contributed by atoms with E-state index in [1.165, 1.54) is 12.8 Å². The second-order valence-electron chi connectivity index (χ2n) is 4.82. The maximum Gasteiger partial charge on any atom is 0.309 e. The number of hydrogen-bond acceptors (Lipinski definition) is 2. The number of esters is 1. The van der Waals surface area contributed by atoms with E-state index in [4.69, 9.17) is 4.74 Å². The van der Waals surface area contributed by atoms with Crippen LogP contribution in [0.3, 0.4) is 0 Å². The average Bonchev–Trinajstić information content (AvgIpc) is 2.69. The van der Waals surface area contributed by atoms with Crippen LogP contribution in [0.2, 0.25) is 0 Å². The van der Waals surface area contributed by atoms with E-state index < -0.39 is 0 Å². The second-order valence-corrected chi connectivity index (χ2v) is 4.82. The number of benzene rings is 1. The van der Waals surface area contributed by atoms with Crippen molar-refractivity contribution in [1.29, 1.82) is 0 Å². The van der Waals surface area contributed by atoms with Crippen molar-refractivity contribution < 1.29 is 9.53 Å². The molecule has 0 N–H and O–H groups in total. The van der Waals surface area contributed by atoms with Crippen molar-refractivity contribution in [3.63, 3.8) is 0 Å². The van der Waals surface area contributed by atoms with Crippen LogP contribution in [0, 0.1) is 11.8 Å². The van der Waals surface area contributed by atoms with Gasteiger partial charge in [0.05, 0.1) is 5.92 Å². The van der Waals surface area contributed by atoms with Crippen LogP contribution in [0.4, 0.5) is 0 Å². The van der Waals surface area contributed by atoms with Gasteiger partial charge < -0.3 is 4.74 Å². The van der Waals surface area contributed by atoms with Gasteiger partial charge >= 0.3 is 5.97 Å². The van der Waals surface area contributed by atoms with E-state index in [-0.39, 0.29) is 18.0 Å². The number of ether oxygens (including phenoxy) is 1. The first-order valence-corrected chi connectivity index (χ1v) is 6.12. The van der Waals surface area contributed by atoms with Crippen LogP contribution in [-0.4, -0.2) is 5.97 Å². The van der Waals surface area contributed by atoms with Crippen LogP contribution in [0.25, 0.3) is 0 Å². The van der Waals surface area contributed by atoms with Gasteiger partial charge in [0.15, 0.2) is 0 Å². The summed E-state index contributed by atoms with van der Waals surface area (Å²) in [5.41, 5.74) is 1.16. The summed E-state index contributed by atoms with van der Waals surface area (Å²) < 4.78 is 5.56. The number of rotatable bonds is 1. The summed E-state index contributed by atoms with van der Waals surface area (Å²) in [5.74, 6) is 0.612. The van der Waals surface area contributed by atoms with Crippen molar-refractivity contribution >= 4 is 5.97 Å². The quantitative estimate of drug-likeness (QED) is 0.674. The summed E-state index contributed by atoms with van der Waals surface area (Å²) in [4.78, 5) is 11.8. The number of carbonyl (C=O) groups excluding carboxylic acids is 1. The Kier molecular flexibility index (Phi) is 2.43. The van der Waals surface area contributed by atoms with E-state index in [0.29, 0.717) is 5.92 Å². The molecule has 0 radical (unpaired) electrons. The van der Waals surface area contributed by atoms with Gasteiger partial charge in [0.25, 0.3) is 0 Å². The largest absolute Gasteiger partial charge is 0.457 e. The molecule has 1 aliphatic heterocycles. The Morgan fingerprint density at radius 2 is 1.81 bits per heavy atom. The first-order valence-electron chi connectivity index (χ1n) is 6.12. The number of hydrogen-bond donors (Lipinski definition) is 0. The van der Waals surface area contributed by atoms with Crippen LogP contribution in [0.1, 0.15) is 37.4 Å². The summed E-state index contributed by atoms with van der Waals surface area (Å²) in [7, 11) is 0. The molecule has 2 aliphatic rings.